The van der Waals surface area contributed by atoms with Crippen molar-refractivity contribution in [2.45, 2.75) is 32.4 Å². The Morgan fingerprint density at radius 2 is 1.56 bits per heavy atom. The third-order valence-electron chi connectivity index (χ3n) is 3.64. The maximum atomic E-state index is 12.7. The zero-order chi connectivity index (χ0) is 18.4. The van der Waals surface area contributed by atoms with E-state index in [4.69, 9.17) is 0 Å². The summed E-state index contributed by atoms with van der Waals surface area (Å²) in [6, 6.07) is 7.38. The topological polar surface area (TPSA) is 86.5 Å². The van der Waals surface area contributed by atoms with Crippen molar-refractivity contribution < 1.29 is 13.2 Å². The van der Waals surface area contributed by atoms with Crippen molar-refractivity contribution >= 4 is 22.8 Å². The molecule has 0 spiro atoms. The van der Waals surface area contributed by atoms with Gasteiger partial charge in [-0.15, -0.1) is 0 Å². The van der Waals surface area contributed by atoms with Crippen molar-refractivity contribution in [1.29, 1.82) is 0 Å². The quantitative estimate of drug-likeness (QED) is 0.657. The number of benzene rings is 1. The Morgan fingerprint density at radius 1 is 0.960 bits per heavy atom. The molecule has 0 radical (unpaired) electrons. The van der Waals surface area contributed by atoms with Gasteiger partial charge in [0.2, 0.25) is 5.82 Å². The lowest BCUT2D eigenvalue weighted by molar-refractivity contribution is -0.144. The molecule has 0 atom stereocenters. The number of H-pyrrole nitrogens is 2. The fraction of sp³-hybridized carbons (Fsp3) is 0.312. The van der Waals surface area contributed by atoms with Gasteiger partial charge in [0.1, 0.15) is 0 Å². The summed E-state index contributed by atoms with van der Waals surface area (Å²) in [5.41, 5.74) is 0.635. The molecule has 0 bridgehead atoms. The maximum absolute atomic E-state index is 12.7. The Hall–Kier alpha value is -2.84. The molecule has 0 aliphatic carbocycles. The number of rotatable bonds is 2. The number of halogens is 3. The predicted molar refractivity (Wildman–Crippen MR) is 87.9 cm³/mol. The van der Waals surface area contributed by atoms with Gasteiger partial charge in [-0.3, -0.25) is 4.79 Å². The van der Waals surface area contributed by atoms with Gasteiger partial charge in [0.15, 0.2) is 17.1 Å². The number of alkyl halides is 3. The monoisotopic (exact) mass is 351 g/mol. The fourth-order valence-electron chi connectivity index (χ4n) is 2.27. The van der Waals surface area contributed by atoms with Gasteiger partial charge in [-0.1, -0.05) is 32.9 Å². The van der Waals surface area contributed by atoms with Crippen molar-refractivity contribution in [2.24, 2.45) is 0 Å². The van der Waals surface area contributed by atoms with Crippen molar-refractivity contribution in [3.63, 3.8) is 0 Å². The third-order valence-corrected chi connectivity index (χ3v) is 3.64. The van der Waals surface area contributed by atoms with E-state index in [-0.39, 0.29) is 22.5 Å². The van der Waals surface area contributed by atoms with E-state index >= 15 is 0 Å². The van der Waals surface area contributed by atoms with Crippen LogP contribution in [0.1, 0.15) is 32.2 Å². The first-order valence-electron chi connectivity index (χ1n) is 7.49. The molecule has 2 aromatic heterocycles. The van der Waals surface area contributed by atoms with Gasteiger partial charge in [-0.05, 0) is 23.1 Å². The number of hydrogen-bond donors (Lipinski definition) is 3. The van der Waals surface area contributed by atoms with E-state index in [0.29, 0.717) is 5.69 Å². The van der Waals surface area contributed by atoms with Crippen LogP contribution in [0.25, 0.3) is 11.3 Å². The molecular formula is C16H16F3N5O. The second kappa shape index (κ2) is 5.61. The summed E-state index contributed by atoms with van der Waals surface area (Å²) in [4.78, 5) is 23.6. The maximum Gasteiger partial charge on any atom is 0.449 e. The molecule has 0 amide bonds. The van der Waals surface area contributed by atoms with Crippen LogP contribution in [-0.2, 0) is 11.6 Å². The van der Waals surface area contributed by atoms with Crippen LogP contribution in [0.15, 0.2) is 29.1 Å². The number of nitrogens with one attached hydrogen (secondary N) is 3. The summed E-state index contributed by atoms with van der Waals surface area (Å²) in [5.74, 6) is -1.33. The average molecular weight is 351 g/mol. The molecule has 0 fully saturated rings. The minimum atomic E-state index is -4.64. The Balaban J connectivity index is 1.93. The van der Waals surface area contributed by atoms with E-state index < -0.39 is 17.6 Å². The molecule has 0 aliphatic heterocycles. The molecule has 3 rings (SSSR count). The number of aromatic nitrogens is 4. The van der Waals surface area contributed by atoms with E-state index in [1.165, 1.54) is 0 Å². The molecule has 3 aromatic rings. The molecular weight excluding hydrogens is 335 g/mol. The Labute approximate surface area is 140 Å². The normalized spacial score (nSPS) is 12.6. The van der Waals surface area contributed by atoms with Crippen molar-refractivity contribution in [1.82, 2.24) is 19.9 Å². The van der Waals surface area contributed by atoms with Crippen molar-refractivity contribution in [2.75, 3.05) is 5.32 Å². The molecule has 0 unspecified atom stereocenters. The van der Waals surface area contributed by atoms with Crippen molar-refractivity contribution in [3.8, 4) is 0 Å². The van der Waals surface area contributed by atoms with E-state index in [2.05, 4.69) is 46.0 Å². The first kappa shape index (κ1) is 17.0. The highest BCUT2D eigenvalue weighted by molar-refractivity contribution is 5.69. The molecule has 0 saturated carbocycles. The first-order valence-corrected chi connectivity index (χ1v) is 7.49. The minimum absolute atomic E-state index is 0.0168. The predicted octanol–water partition coefficient (Wildman–Crippen LogP) is 3.71. The van der Waals surface area contributed by atoms with Gasteiger partial charge in [-0.25, -0.2) is 9.97 Å². The first-order chi connectivity index (χ1) is 11.5. The number of anilines is 2. The number of aromatic amines is 2. The molecule has 3 N–H and O–H groups in total. The fourth-order valence-corrected chi connectivity index (χ4v) is 2.27. The molecule has 9 heteroatoms. The zero-order valence-corrected chi connectivity index (χ0v) is 13.7. The summed E-state index contributed by atoms with van der Waals surface area (Å²) < 4.78 is 38.0. The van der Waals surface area contributed by atoms with Crippen molar-refractivity contribution in [3.05, 3.63) is 46.0 Å². The van der Waals surface area contributed by atoms with Gasteiger partial charge in [0, 0.05) is 5.69 Å². The minimum Gasteiger partial charge on any atom is -0.336 e. The highest BCUT2D eigenvalue weighted by Crippen LogP contribution is 2.28. The highest BCUT2D eigenvalue weighted by atomic mass is 19.4. The van der Waals surface area contributed by atoms with E-state index in [1.54, 1.807) is 12.1 Å². The van der Waals surface area contributed by atoms with Gasteiger partial charge in [-0.2, -0.15) is 13.2 Å². The Bertz CT molecular complexity index is 965. The number of fused-ring (bicyclic) bond motifs is 1. The van der Waals surface area contributed by atoms with Crippen LogP contribution in [0.3, 0.4) is 0 Å². The molecule has 2 heterocycles. The van der Waals surface area contributed by atoms with E-state index in [9.17, 15) is 18.0 Å². The lowest BCUT2D eigenvalue weighted by atomic mass is 9.87. The lowest BCUT2D eigenvalue weighted by Crippen LogP contribution is -2.14. The lowest BCUT2D eigenvalue weighted by Gasteiger charge is -2.19. The van der Waals surface area contributed by atoms with E-state index in [1.807, 2.05) is 12.1 Å². The summed E-state index contributed by atoms with van der Waals surface area (Å²) in [7, 11) is 0. The SMILES string of the molecule is CC(C)(C)c1ccc(Nc2nc3[nH]c(C(F)(F)F)nc3[nH]c2=O)cc1. The number of hydrogen-bond acceptors (Lipinski definition) is 4. The standard InChI is InChI=1S/C16H16F3N5O/c1-15(2,3)8-4-6-9(7-5-8)20-12-13(25)22-11-10(21-12)23-14(24-11)16(17,18)19/h4-7H,1-3H3,(H3,20,21,22,23,24,25). The molecule has 132 valence electrons. The largest absolute Gasteiger partial charge is 0.449 e. The number of nitrogens with zero attached hydrogens (tertiary/aromatic N) is 2. The molecule has 0 aliphatic rings. The summed E-state index contributed by atoms with van der Waals surface area (Å²) >= 11 is 0. The average Bonchev–Trinajstić information content (AvgIpc) is 2.90. The van der Waals surface area contributed by atoms with Crippen LogP contribution in [0.4, 0.5) is 24.7 Å². The Kier molecular flexibility index (Phi) is 3.81. The smallest absolute Gasteiger partial charge is 0.336 e. The van der Waals surface area contributed by atoms with Crippen LogP contribution in [0, 0.1) is 0 Å². The van der Waals surface area contributed by atoms with Gasteiger partial charge < -0.3 is 15.3 Å². The van der Waals surface area contributed by atoms with Crippen LogP contribution >= 0.6 is 0 Å². The summed E-state index contributed by atoms with van der Waals surface area (Å²) in [6.07, 6.45) is -4.64. The second-order valence-corrected chi connectivity index (χ2v) is 6.65. The molecule has 6 nitrogen and oxygen atoms in total. The van der Waals surface area contributed by atoms with Crippen LogP contribution in [0.5, 0.6) is 0 Å². The van der Waals surface area contributed by atoms with E-state index in [0.717, 1.165) is 5.56 Å². The molecule has 0 saturated heterocycles. The van der Waals surface area contributed by atoms with Gasteiger partial charge in [0.05, 0.1) is 0 Å². The van der Waals surface area contributed by atoms with Gasteiger partial charge in [0.25, 0.3) is 5.56 Å². The zero-order valence-electron chi connectivity index (χ0n) is 13.7. The summed E-state index contributed by atoms with van der Waals surface area (Å²) in [5, 5.41) is 2.81. The second-order valence-electron chi connectivity index (χ2n) is 6.65. The van der Waals surface area contributed by atoms with Gasteiger partial charge >= 0.3 is 6.18 Å². The summed E-state index contributed by atoms with van der Waals surface area (Å²) in [6.45, 7) is 6.23. The third kappa shape index (κ3) is 3.49. The Morgan fingerprint density at radius 3 is 2.12 bits per heavy atom. The van der Waals surface area contributed by atoms with Crippen LogP contribution in [0.2, 0.25) is 0 Å². The molecule has 1 aromatic carbocycles. The van der Waals surface area contributed by atoms with Crippen LogP contribution in [-0.4, -0.2) is 19.9 Å². The highest BCUT2D eigenvalue weighted by Gasteiger charge is 2.35. The van der Waals surface area contributed by atoms with Crippen LogP contribution < -0.4 is 10.9 Å². The molecule has 25 heavy (non-hydrogen) atoms. The number of imidazole rings is 1.